The first-order valence-electron chi connectivity index (χ1n) is 10.3. The average Bonchev–Trinajstić information content (AvgIpc) is 3.42. The number of hydrogen-bond donors (Lipinski definition) is 2. The number of carbonyl (C=O) groups excluding carboxylic acids is 1. The molecule has 0 saturated carbocycles. The molecule has 0 aliphatic rings. The van der Waals surface area contributed by atoms with Crippen molar-refractivity contribution in [2.24, 2.45) is 0 Å². The third-order valence-electron chi connectivity index (χ3n) is 5.00. The molecule has 1 amide bonds. The van der Waals surface area contributed by atoms with Crippen LogP contribution in [0, 0.1) is 17.1 Å². The predicted octanol–water partition coefficient (Wildman–Crippen LogP) is 3.41. The summed E-state index contributed by atoms with van der Waals surface area (Å²) >= 11 is 0. The molecule has 4 aromatic rings. The lowest BCUT2D eigenvalue weighted by Gasteiger charge is -2.03. The van der Waals surface area contributed by atoms with Crippen LogP contribution in [0.1, 0.15) is 23.4 Å². The summed E-state index contributed by atoms with van der Waals surface area (Å²) in [6.45, 7) is 0.399. The second-order valence-corrected chi connectivity index (χ2v) is 7.35. The van der Waals surface area contributed by atoms with Gasteiger partial charge in [0.1, 0.15) is 29.5 Å². The number of aromatic nitrogens is 3. The number of oxazole rings is 1. The molecule has 0 aliphatic heterocycles. The van der Waals surface area contributed by atoms with Crippen LogP contribution in [0.25, 0.3) is 17.1 Å². The zero-order valence-electron chi connectivity index (χ0n) is 17.7. The highest BCUT2D eigenvalue weighted by Crippen LogP contribution is 2.22. The van der Waals surface area contributed by atoms with Gasteiger partial charge in [-0.25, -0.2) is 14.1 Å². The Labute approximate surface area is 189 Å². The van der Waals surface area contributed by atoms with E-state index in [1.807, 2.05) is 30.3 Å². The molecule has 0 radical (unpaired) electrons. The number of carbonyl (C=O) groups is 1. The van der Waals surface area contributed by atoms with E-state index >= 15 is 0 Å². The van der Waals surface area contributed by atoms with Gasteiger partial charge in [0, 0.05) is 12.1 Å². The summed E-state index contributed by atoms with van der Waals surface area (Å²) in [5.41, 5.74) is 8.82. The van der Waals surface area contributed by atoms with Crippen molar-refractivity contribution in [3.8, 4) is 23.2 Å². The summed E-state index contributed by atoms with van der Waals surface area (Å²) in [5, 5.41) is 16.7. The van der Waals surface area contributed by atoms with Crippen LogP contribution in [0.5, 0.6) is 0 Å². The van der Waals surface area contributed by atoms with Crippen molar-refractivity contribution in [2.75, 3.05) is 12.3 Å². The highest BCUT2D eigenvalue weighted by molar-refractivity contribution is 5.78. The second kappa shape index (κ2) is 9.78. The van der Waals surface area contributed by atoms with Crippen molar-refractivity contribution in [1.29, 1.82) is 5.26 Å². The lowest BCUT2D eigenvalue weighted by Crippen LogP contribution is -2.26. The fourth-order valence-electron chi connectivity index (χ4n) is 3.37. The van der Waals surface area contributed by atoms with Crippen molar-refractivity contribution in [3.05, 3.63) is 83.6 Å². The van der Waals surface area contributed by atoms with Crippen LogP contribution in [0.4, 0.5) is 10.2 Å². The van der Waals surface area contributed by atoms with E-state index in [4.69, 9.17) is 10.2 Å². The minimum atomic E-state index is -0.372. The van der Waals surface area contributed by atoms with E-state index in [1.54, 1.807) is 0 Å². The topological polar surface area (TPSA) is 123 Å². The quantitative estimate of drug-likeness (QED) is 0.402. The molecule has 166 valence electrons. The zero-order valence-corrected chi connectivity index (χ0v) is 17.7. The minimum absolute atomic E-state index is 0.103. The third-order valence-corrected chi connectivity index (χ3v) is 5.00. The van der Waals surface area contributed by atoms with E-state index in [0.717, 1.165) is 5.56 Å². The molecule has 8 nitrogen and oxygen atoms in total. The van der Waals surface area contributed by atoms with Crippen molar-refractivity contribution < 1.29 is 13.6 Å². The summed E-state index contributed by atoms with van der Waals surface area (Å²) < 4.78 is 20.1. The molecular formula is C24H21FN6O2. The van der Waals surface area contributed by atoms with Crippen LogP contribution in [0.15, 0.2) is 65.3 Å². The Hall–Kier alpha value is -4.45. The Morgan fingerprint density at radius 2 is 1.94 bits per heavy atom. The second-order valence-electron chi connectivity index (χ2n) is 7.35. The molecule has 0 atom stereocenters. The van der Waals surface area contributed by atoms with Crippen LogP contribution < -0.4 is 11.1 Å². The van der Waals surface area contributed by atoms with Crippen molar-refractivity contribution in [2.45, 2.75) is 19.3 Å². The molecule has 3 N–H and O–H groups in total. The number of nitrogens with one attached hydrogen (secondary N) is 1. The van der Waals surface area contributed by atoms with Gasteiger partial charge in [0.2, 0.25) is 11.8 Å². The maximum atomic E-state index is 13.2. The van der Waals surface area contributed by atoms with Crippen molar-refractivity contribution in [1.82, 2.24) is 20.1 Å². The molecule has 9 heteroatoms. The molecular weight excluding hydrogens is 423 g/mol. The Balaban J connectivity index is 1.30. The number of amides is 1. The van der Waals surface area contributed by atoms with E-state index in [0.29, 0.717) is 42.4 Å². The van der Waals surface area contributed by atoms with Gasteiger partial charge in [-0.3, -0.25) is 4.79 Å². The van der Waals surface area contributed by atoms with Crippen molar-refractivity contribution >= 4 is 11.7 Å². The van der Waals surface area contributed by atoms with Crippen molar-refractivity contribution in [3.63, 3.8) is 0 Å². The van der Waals surface area contributed by atoms with Crippen LogP contribution >= 0.6 is 0 Å². The smallest absolute Gasteiger partial charge is 0.226 e. The fourth-order valence-corrected chi connectivity index (χ4v) is 3.37. The predicted molar refractivity (Wildman–Crippen MR) is 120 cm³/mol. The van der Waals surface area contributed by atoms with Gasteiger partial charge in [0.15, 0.2) is 0 Å². The summed E-state index contributed by atoms with van der Waals surface area (Å²) in [5.74, 6) is 0.114. The molecule has 0 bridgehead atoms. The molecule has 2 aromatic heterocycles. The Bertz CT molecular complexity index is 1290. The molecule has 0 aliphatic carbocycles. The molecule has 2 heterocycles. The van der Waals surface area contributed by atoms with Gasteiger partial charge < -0.3 is 15.5 Å². The number of anilines is 1. The highest BCUT2D eigenvalue weighted by atomic mass is 19.1. The summed E-state index contributed by atoms with van der Waals surface area (Å²) in [4.78, 5) is 16.6. The Kier molecular flexibility index (Phi) is 6.45. The number of hydrogen-bond acceptors (Lipinski definition) is 6. The maximum Gasteiger partial charge on any atom is 0.226 e. The summed E-state index contributed by atoms with van der Waals surface area (Å²) in [6, 6.07) is 17.2. The van der Waals surface area contributed by atoms with Crippen LogP contribution in [-0.2, 0) is 17.6 Å². The van der Waals surface area contributed by atoms with Gasteiger partial charge in [0.05, 0.1) is 23.5 Å². The molecule has 0 saturated heterocycles. The number of rotatable bonds is 8. The molecule has 4 rings (SSSR count). The summed E-state index contributed by atoms with van der Waals surface area (Å²) in [7, 11) is 0. The maximum absolute atomic E-state index is 13.2. The van der Waals surface area contributed by atoms with Crippen LogP contribution in [0.3, 0.4) is 0 Å². The SMILES string of the molecule is N#Cc1c(CCCNC(=O)Cc2coc(-c3ccccc3)n2)nn(-c2ccc(F)cc2)c1N. The lowest BCUT2D eigenvalue weighted by molar-refractivity contribution is -0.120. The summed E-state index contributed by atoms with van der Waals surface area (Å²) in [6.07, 6.45) is 2.59. The molecule has 2 aromatic carbocycles. The first-order valence-corrected chi connectivity index (χ1v) is 10.3. The monoisotopic (exact) mass is 444 g/mol. The normalized spacial score (nSPS) is 10.7. The van der Waals surface area contributed by atoms with Gasteiger partial charge in [-0.1, -0.05) is 18.2 Å². The van der Waals surface area contributed by atoms with E-state index < -0.39 is 0 Å². The van der Waals surface area contributed by atoms with E-state index in [1.165, 1.54) is 35.2 Å². The number of halogens is 1. The largest absolute Gasteiger partial charge is 0.444 e. The van der Waals surface area contributed by atoms with E-state index in [-0.39, 0.29) is 29.5 Å². The highest BCUT2D eigenvalue weighted by Gasteiger charge is 2.16. The van der Waals surface area contributed by atoms with Gasteiger partial charge in [-0.15, -0.1) is 0 Å². The number of aryl methyl sites for hydroxylation is 1. The minimum Gasteiger partial charge on any atom is -0.444 e. The first kappa shape index (κ1) is 21.8. The van der Waals surface area contributed by atoms with Crippen LogP contribution in [0.2, 0.25) is 0 Å². The zero-order chi connectivity index (χ0) is 23.2. The standard InChI is InChI=1S/C24H21FN6O2/c25-17-8-10-19(11-9-17)31-23(27)20(14-26)21(30-31)7-4-12-28-22(32)13-18-15-33-24(29-18)16-5-2-1-3-6-16/h1-3,5-6,8-11,15H,4,7,12-13,27H2,(H,28,32). The van der Waals surface area contributed by atoms with Gasteiger partial charge in [-0.05, 0) is 49.2 Å². The fraction of sp³-hybridized carbons (Fsp3) is 0.167. The Morgan fingerprint density at radius 1 is 1.18 bits per heavy atom. The number of nitrogens with two attached hydrogens (primary N) is 1. The Morgan fingerprint density at radius 3 is 2.67 bits per heavy atom. The van der Waals surface area contributed by atoms with Gasteiger partial charge in [0.25, 0.3) is 0 Å². The number of nitriles is 1. The molecule has 0 unspecified atom stereocenters. The number of nitrogen functional groups attached to an aromatic ring is 1. The third kappa shape index (κ3) is 5.07. The first-order chi connectivity index (χ1) is 16.0. The molecule has 33 heavy (non-hydrogen) atoms. The number of benzene rings is 2. The molecule has 0 spiro atoms. The van der Waals surface area contributed by atoms with E-state index in [9.17, 15) is 14.4 Å². The number of nitrogens with zero attached hydrogens (tertiary/aromatic N) is 4. The van der Waals surface area contributed by atoms with Gasteiger partial charge >= 0.3 is 0 Å². The van der Waals surface area contributed by atoms with E-state index in [2.05, 4.69) is 21.5 Å². The van der Waals surface area contributed by atoms with Gasteiger partial charge in [-0.2, -0.15) is 10.4 Å². The van der Waals surface area contributed by atoms with Crippen LogP contribution in [-0.4, -0.2) is 27.2 Å². The molecule has 0 fully saturated rings. The lowest BCUT2D eigenvalue weighted by atomic mass is 10.1. The average molecular weight is 444 g/mol.